The molecule has 0 saturated heterocycles. The summed E-state index contributed by atoms with van der Waals surface area (Å²) < 4.78 is 50.0. The summed E-state index contributed by atoms with van der Waals surface area (Å²) in [5, 5.41) is -0.837. The van der Waals surface area contributed by atoms with Gasteiger partial charge in [0.1, 0.15) is 94.5 Å². The number of halogens is 3. The number of aromatic nitrogens is 2. The van der Waals surface area contributed by atoms with E-state index >= 15 is 0 Å². The Labute approximate surface area is 248 Å². The van der Waals surface area contributed by atoms with E-state index in [0.717, 1.165) is 38.7 Å². The van der Waals surface area contributed by atoms with Crippen molar-refractivity contribution in [1.82, 2.24) is 14.9 Å². The van der Waals surface area contributed by atoms with Crippen LogP contribution in [0.25, 0.3) is 11.1 Å². The van der Waals surface area contributed by atoms with Crippen LogP contribution in [0.4, 0.5) is 13.2 Å². The molecule has 1 aromatic heterocycles. The van der Waals surface area contributed by atoms with Crippen LogP contribution in [0.15, 0.2) is 6.07 Å². The van der Waals surface area contributed by atoms with Gasteiger partial charge in [-0.05, 0) is 27.8 Å². The van der Waals surface area contributed by atoms with Crippen molar-refractivity contribution in [2.45, 2.75) is 11.7 Å². The third kappa shape index (κ3) is 5.39. The number of nitrogens with zero attached hydrogens (tertiary/aromatic N) is 3. The van der Waals surface area contributed by atoms with E-state index in [9.17, 15) is 18.0 Å². The Morgan fingerprint density at radius 1 is 0.805 bits per heavy atom. The number of hydrogen-bond acceptors (Lipinski definition) is 5. The summed E-state index contributed by atoms with van der Waals surface area (Å²) in [7, 11) is 20.5. The zero-order valence-corrected chi connectivity index (χ0v) is 25.7. The second-order valence-corrected chi connectivity index (χ2v) is 11.5. The van der Waals surface area contributed by atoms with Crippen molar-refractivity contribution in [3.8, 4) is 22.6 Å². The Balaban J connectivity index is 1.92. The average molecular weight is 545 g/mol. The van der Waals surface area contributed by atoms with Crippen molar-refractivity contribution in [3.05, 3.63) is 17.5 Å². The van der Waals surface area contributed by atoms with Gasteiger partial charge >= 0.3 is 6.36 Å². The monoisotopic (exact) mass is 547 g/mol. The van der Waals surface area contributed by atoms with Crippen LogP contribution in [0.2, 0.25) is 0 Å². The lowest BCUT2D eigenvalue weighted by atomic mass is 9.59. The van der Waals surface area contributed by atoms with Gasteiger partial charge in [0.05, 0.1) is 12.1 Å². The minimum atomic E-state index is -4.80. The number of hydrogen-bond donors (Lipinski definition) is 0. The Morgan fingerprint density at radius 3 is 1.95 bits per heavy atom. The van der Waals surface area contributed by atoms with Crippen LogP contribution in [-0.2, 0) is 5.34 Å². The standard InChI is InChI=1S/C21H27B11F3N3O3/c22-5-3-4(8(23)11(26)14(5)41-21(33,34)35)6-9(24)7-15(12(27)10(6)25)40-2-1-38(18(7)39)20(31,32)19-36-16(29)13(28)17(30)37-19/h3H,1-2,22-32H2. The molecule has 0 radical (unpaired) electrons. The maximum Gasteiger partial charge on any atom is 0.573 e. The fourth-order valence-electron chi connectivity index (χ4n) is 5.73. The Morgan fingerprint density at radius 2 is 1.39 bits per heavy atom. The third-order valence-corrected chi connectivity index (χ3v) is 8.64. The fourth-order valence-corrected chi connectivity index (χ4v) is 5.73. The number of carbonyl (C=O) groups is 1. The highest BCUT2D eigenvalue weighted by Crippen LogP contribution is 2.28. The Bertz CT molecular complexity index is 1580. The summed E-state index contributed by atoms with van der Waals surface area (Å²) in [6.07, 6.45) is -4.80. The van der Waals surface area contributed by atoms with Gasteiger partial charge in [0.25, 0.3) is 5.91 Å². The molecule has 0 saturated carbocycles. The van der Waals surface area contributed by atoms with E-state index in [4.69, 9.17) is 14.7 Å². The molecule has 0 fully saturated rings. The maximum atomic E-state index is 14.4. The molecule has 0 spiro atoms. The average Bonchev–Trinajstić information content (AvgIpc) is 3.05. The number of ether oxygens (including phenoxy) is 2. The molecular weight excluding hydrogens is 518 g/mol. The Hall–Kier alpha value is -2.91. The summed E-state index contributed by atoms with van der Waals surface area (Å²) in [4.78, 5) is 25.7. The lowest BCUT2D eigenvalue weighted by molar-refractivity contribution is -0.273. The molecule has 4 rings (SSSR count). The summed E-state index contributed by atoms with van der Waals surface area (Å²) in [6, 6.07) is 1.71. The second-order valence-electron chi connectivity index (χ2n) is 11.5. The highest BCUT2D eigenvalue weighted by Gasteiger charge is 2.40. The molecule has 0 unspecified atom stereocenters. The summed E-state index contributed by atoms with van der Waals surface area (Å²) >= 11 is 0. The van der Waals surface area contributed by atoms with E-state index in [-0.39, 0.29) is 11.7 Å². The third-order valence-electron chi connectivity index (χ3n) is 8.64. The molecule has 2 aromatic carbocycles. The first-order chi connectivity index (χ1) is 18.9. The highest BCUT2D eigenvalue weighted by atomic mass is 19.4. The predicted octanol–water partition coefficient (Wildman–Crippen LogP) is -13.7. The second kappa shape index (κ2) is 10.7. The number of fused-ring (bicyclic) bond motifs is 1. The molecule has 3 aromatic rings. The van der Waals surface area contributed by atoms with Crippen molar-refractivity contribution in [1.29, 1.82) is 0 Å². The molecule has 0 aliphatic carbocycles. The topological polar surface area (TPSA) is 64.6 Å². The number of rotatable bonds is 4. The van der Waals surface area contributed by atoms with Gasteiger partial charge in [0.15, 0.2) is 15.7 Å². The molecule has 0 atom stereocenters. The van der Waals surface area contributed by atoms with E-state index in [1.165, 1.54) is 0 Å². The zero-order valence-electron chi connectivity index (χ0n) is 25.7. The highest BCUT2D eigenvalue weighted by molar-refractivity contribution is 6.60. The van der Waals surface area contributed by atoms with E-state index in [2.05, 4.69) is 4.74 Å². The molecular formula is C21H27B11F3N3O3. The van der Waals surface area contributed by atoms with E-state index in [1.807, 2.05) is 62.8 Å². The SMILES string of the molecule is Bc1cc(-c2c(B)c(B)c3c(c2B)C(=O)N(C(B)(B)c2nc(B)c(B)c(B)n2)CCO3)c(B)c(B)c1OC(F)(F)F. The summed E-state index contributed by atoms with van der Waals surface area (Å²) in [5.41, 5.74) is 8.59. The van der Waals surface area contributed by atoms with Crippen molar-refractivity contribution in [3.63, 3.8) is 0 Å². The van der Waals surface area contributed by atoms with Crippen LogP contribution >= 0.6 is 0 Å². The molecule has 2 heterocycles. The van der Waals surface area contributed by atoms with Crippen molar-refractivity contribution in [2.75, 3.05) is 13.2 Å². The minimum absolute atomic E-state index is 0.198. The Kier molecular flexibility index (Phi) is 8.13. The van der Waals surface area contributed by atoms with Gasteiger partial charge in [0.2, 0.25) is 0 Å². The lowest BCUT2D eigenvalue weighted by Gasteiger charge is -2.38. The first kappa shape index (κ1) is 31.0. The van der Waals surface area contributed by atoms with Crippen molar-refractivity contribution < 1.29 is 27.4 Å². The summed E-state index contributed by atoms with van der Waals surface area (Å²) in [6.45, 7) is 0.635. The molecule has 0 N–H and O–H groups in total. The van der Waals surface area contributed by atoms with Crippen LogP contribution in [0.1, 0.15) is 16.2 Å². The number of alkyl halides is 3. The number of amides is 1. The van der Waals surface area contributed by atoms with Gasteiger partial charge in [-0.2, -0.15) is 0 Å². The lowest BCUT2D eigenvalue weighted by Crippen LogP contribution is -2.56. The first-order valence-electron chi connectivity index (χ1n) is 13.7. The minimum Gasteiger partial charge on any atom is -0.492 e. The molecule has 198 valence electrons. The molecule has 6 nitrogen and oxygen atoms in total. The first-order valence-corrected chi connectivity index (χ1v) is 13.7. The van der Waals surface area contributed by atoms with Crippen molar-refractivity contribution >= 4 is 142 Å². The van der Waals surface area contributed by atoms with Gasteiger partial charge in [0, 0.05) is 5.34 Å². The van der Waals surface area contributed by atoms with E-state index < -0.39 is 11.7 Å². The quantitative estimate of drug-likeness (QED) is 0.305. The molecule has 1 aliphatic rings. The van der Waals surface area contributed by atoms with Crippen LogP contribution in [-0.4, -0.2) is 127 Å². The molecule has 0 bridgehead atoms. The van der Waals surface area contributed by atoms with Crippen LogP contribution < -0.4 is 58.9 Å². The van der Waals surface area contributed by atoms with E-state index in [1.54, 1.807) is 34.5 Å². The predicted molar refractivity (Wildman–Crippen MR) is 189 cm³/mol. The molecule has 20 heteroatoms. The molecule has 1 amide bonds. The zero-order chi connectivity index (χ0) is 30.8. The van der Waals surface area contributed by atoms with Gasteiger partial charge in [-0.1, -0.05) is 38.8 Å². The molecule has 1 aliphatic heterocycles. The van der Waals surface area contributed by atoms with Gasteiger partial charge in [-0.3, -0.25) is 4.79 Å². The number of benzene rings is 2. The maximum absolute atomic E-state index is 14.4. The summed E-state index contributed by atoms with van der Waals surface area (Å²) in [5.74, 6) is 0.690. The fraction of sp³-hybridized carbons (Fsp3) is 0.190. The smallest absolute Gasteiger partial charge is 0.492 e. The van der Waals surface area contributed by atoms with Gasteiger partial charge in [-0.25, -0.2) is 9.97 Å². The van der Waals surface area contributed by atoms with E-state index in [0.29, 0.717) is 52.1 Å². The van der Waals surface area contributed by atoms with Crippen LogP contribution in [0.5, 0.6) is 11.5 Å². The van der Waals surface area contributed by atoms with Crippen LogP contribution in [0, 0.1) is 0 Å². The molecule has 41 heavy (non-hydrogen) atoms. The number of carbonyl (C=O) groups excluding carboxylic acids is 1. The van der Waals surface area contributed by atoms with Gasteiger partial charge < -0.3 is 14.4 Å². The normalized spacial score (nSPS) is 13.8. The van der Waals surface area contributed by atoms with Crippen molar-refractivity contribution in [2.24, 2.45) is 0 Å². The largest absolute Gasteiger partial charge is 0.573 e. The van der Waals surface area contributed by atoms with Gasteiger partial charge in [-0.15, -0.1) is 13.2 Å². The van der Waals surface area contributed by atoms with Crippen LogP contribution in [0.3, 0.4) is 0 Å².